The van der Waals surface area contributed by atoms with E-state index >= 15 is 0 Å². The van der Waals surface area contributed by atoms with Gasteiger partial charge < -0.3 is 16.0 Å². The van der Waals surface area contributed by atoms with Crippen LogP contribution in [0.4, 0.5) is 5.13 Å². The maximum Gasteiger partial charge on any atom is 0.251 e. The first-order valence-corrected chi connectivity index (χ1v) is 14.5. The van der Waals surface area contributed by atoms with E-state index < -0.39 is 0 Å². The molecule has 0 atom stereocenters. The van der Waals surface area contributed by atoms with Gasteiger partial charge >= 0.3 is 0 Å². The number of carbonyl (C=O) groups excluding carboxylic acids is 1. The highest BCUT2D eigenvalue weighted by Gasteiger charge is 2.14. The minimum absolute atomic E-state index is 0.0852. The van der Waals surface area contributed by atoms with Crippen LogP contribution in [0.3, 0.4) is 0 Å². The molecule has 0 saturated carbocycles. The third-order valence-corrected chi connectivity index (χ3v) is 7.72. The minimum Gasteiger partial charge on any atom is -0.348 e. The molecule has 5 aromatic rings. The second-order valence-electron chi connectivity index (χ2n) is 9.78. The number of thiazole rings is 1. The number of hydrogen-bond donors (Lipinski definition) is 2. The van der Waals surface area contributed by atoms with Gasteiger partial charge in [-0.25, -0.2) is 4.98 Å². The summed E-state index contributed by atoms with van der Waals surface area (Å²) in [6.07, 6.45) is 1.02. The molecule has 6 heteroatoms. The summed E-state index contributed by atoms with van der Waals surface area (Å²) < 4.78 is 0. The molecule has 0 spiro atoms. The van der Waals surface area contributed by atoms with E-state index in [1.807, 2.05) is 54.6 Å². The lowest BCUT2D eigenvalue weighted by Gasteiger charge is -2.21. The number of nitrogens with one attached hydrogen (secondary N) is 1. The normalized spacial score (nSPS) is 10.8. The zero-order valence-corrected chi connectivity index (χ0v) is 23.5. The summed E-state index contributed by atoms with van der Waals surface area (Å²) in [5.41, 5.74) is 14.1. The summed E-state index contributed by atoms with van der Waals surface area (Å²) in [7, 11) is 0. The van der Waals surface area contributed by atoms with Crippen LogP contribution in [0, 0.1) is 0 Å². The average Bonchev–Trinajstić information content (AvgIpc) is 3.51. The molecule has 0 saturated heterocycles. The first kappa shape index (κ1) is 27.3. The molecule has 0 unspecified atom stereocenters. The standard InChI is InChI=1S/C34H34N4OS/c1-2-19-38(34-37-32(24-40-34)30-17-15-29(16-18-30)28-9-4-3-5-10-28)23-25-11-13-31(14-12-25)33(39)36-22-27-8-6-7-26(20-27)21-35/h3-18,20,24H,2,19,21-23,35H2,1H3,(H,36,39). The molecule has 0 aliphatic heterocycles. The quantitative estimate of drug-likeness (QED) is 0.183. The molecule has 1 amide bonds. The van der Waals surface area contributed by atoms with Gasteiger partial charge in [0.2, 0.25) is 0 Å². The Kier molecular flexibility index (Phi) is 9.01. The van der Waals surface area contributed by atoms with Gasteiger partial charge in [0.25, 0.3) is 5.91 Å². The van der Waals surface area contributed by atoms with Gasteiger partial charge in [0.05, 0.1) is 5.69 Å². The fraction of sp³-hybridized carbons (Fsp3) is 0.176. The minimum atomic E-state index is -0.0852. The second kappa shape index (κ2) is 13.2. The maximum absolute atomic E-state index is 12.7. The van der Waals surface area contributed by atoms with Crippen LogP contribution < -0.4 is 16.0 Å². The average molecular weight is 547 g/mol. The van der Waals surface area contributed by atoms with Gasteiger partial charge in [-0.2, -0.15) is 0 Å². The number of rotatable bonds is 11. The van der Waals surface area contributed by atoms with Crippen LogP contribution in [0.5, 0.6) is 0 Å². The third-order valence-electron chi connectivity index (χ3n) is 6.81. The van der Waals surface area contributed by atoms with Crippen LogP contribution in [0.1, 0.15) is 40.4 Å². The summed E-state index contributed by atoms with van der Waals surface area (Å²) in [5.74, 6) is -0.0852. The van der Waals surface area contributed by atoms with Crippen LogP contribution in [-0.2, 0) is 19.6 Å². The van der Waals surface area contributed by atoms with Crippen LogP contribution >= 0.6 is 11.3 Å². The molecule has 0 radical (unpaired) electrons. The fourth-order valence-corrected chi connectivity index (χ4v) is 5.51. The number of anilines is 1. The predicted molar refractivity (Wildman–Crippen MR) is 166 cm³/mol. The summed E-state index contributed by atoms with van der Waals surface area (Å²) >= 11 is 1.67. The molecule has 0 bridgehead atoms. The fourth-order valence-electron chi connectivity index (χ4n) is 4.65. The molecule has 1 heterocycles. The van der Waals surface area contributed by atoms with Crippen LogP contribution in [0.25, 0.3) is 22.4 Å². The highest BCUT2D eigenvalue weighted by atomic mass is 32.1. The molecular formula is C34H34N4OS. The van der Waals surface area contributed by atoms with Gasteiger partial charge in [0.1, 0.15) is 0 Å². The van der Waals surface area contributed by atoms with Gasteiger partial charge in [0, 0.05) is 42.7 Å². The second-order valence-corrected chi connectivity index (χ2v) is 10.6. The Morgan fingerprint density at radius 3 is 2.25 bits per heavy atom. The van der Waals surface area contributed by atoms with Crippen LogP contribution in [-0.4, -0.2) is 17.4 Å². The number of nitrogens with two attached hydrogens (primary N) is 1. The highest BCUT2D eigenvalue weighted by Crippen LogP contribution is 2.30. The van der Waals surface area contributed by atoms with Gasteiger partial charge in [-0.1, -0.05) is 97.9 Å². The van der Waals surface area contributed by atoms with Crippen molar-refractivity contribution in [3.63, 3.8) is 0 Å². The van der Waals surface area contributed by atoms with Crippen molar-refractivity contribution in [2.75, 3.05) is 11.4 Å². The lowest BCUT2D eigenvalue weighted by Crippen LogP contribution is -2.24. The molecule has 0 aliphatic rings. The molecule has 5 rings (SSSR count). The van der Waals surface area contributed by atoms with Crippen molar-refractivity contribution in [1.29, 1.82) is 0 Å². The Labute approximate surface area is 240 Å². The number of benzene rings is 4. The highest BCUT2D eigenvalue weighted by molar-refractivity contribution is 7.14. The first-order chi connectivity index (χ1) is 19.6. The molecule has 202 valence electrons. The van der Waals surface area contributed by atoms with Crippen molar-refractivity contribution in [3.05, 3.63) is 131 Å². The predicted octanol–water partition coefficient (Wildman–Crippen LogP) is 7.28. The molecule has 40 heavy (non-hydrogen) atoms. The van der Waals surface area contributed by atoms with Crippen molar-refractivity contribution in [1.82, 2.24) is 10.3 Å². The van der Waals surface area contributed by atoms with Gasteiger partial charge in [-0.3, -0.25) is 4.79 Å². The van der Waals surface area contributed by atoms with Crippen molar-refractivity contribution in [2.24, 2.45) is 5.73 Å². The molecule has 4 aromatic carbocycles. The Morgan fingerprint density at radius 1 is 0.825 bits per heavy atom. The van der Waals surface area contributed by atoms with E-state index in [0.717, 1.165) is 52.6 Å². The number of nitrogens with zero attached hydrogens (tertiary/aromatic N) is 2. The number of amides is 1. The van der Waals surface area contributed by atoms with Gasteiger partial charge in [-0.05, 0) is 46.4 Å². The summed E-state index contributed by atoms with van der Waals surface area (Å²) in [6, 6.07) is 34.8. The monoisotopic (exact) mass is 546 g/mol. The molecule has 0 fully saturated rings. The van der Waals surface area contributed by atoms with E-state index in [1.165, 1.54) is 11.1 Å². The van der Waals surface area contributed by atoms with E-state index in [4.69, 9.17) is 10.7 Å². The van der Waals surface area contributed by atoms with E-state index in [0.29, 0.717) is 18.7 Å². The Hall–Kier alpha value is -4.26. The first-order valence-electron chi connectivity index (χ1n) is 13.6. The van der Waals surface area contributed by atoms with E-state index in [-0.39, 0.29) is 5.91 Å². The summed E-state index contributed by atoms with van der Waals surface area (Å²) in [5, 5.41) is 6.14. The SMILES string of the molecule is CCCN(Cc1ccc(C(=O)NCc2cccc(CN)c2)cc1)c1nc(-c2ccc(-c3ccccc3)cc2)cs1. The Balaban J connectivity index is 1.22. The topological polar surface area (TPSA) is 71.2 Å². The van der Waals surface area contributed by atoms with Gasteiger partial charge in [-0.15, -0.1) is 11.3 Å². The van der Waals surface area contributed by atoms with Crippen LogP contribution in [0.2, 0.25) is 0 Å². The van der Waals surface area contributed by atoms with E-state index in [2.05, 4.69) is 71.1 Å². The van der Waals surface area contributed by atoms with Gasteiger partial charge in [0.15, 0.2) is 5.13 Å². The van der Waals surface area contributed by atoms with E-state index in [9.17, 15) is 4.79 Å². The summed E-state index contributed by atoms with van der Waals surface area (Å²) in [4.78, 5) is 20.0. The Bertz CT molecular complexity index is 1530. The van der Waals surface area contributed by atoms with Crippen molar-refractivity contribution in [2.45, 2.75) is 33.0 Å². The lowest BCUT2D eigenvalue weighted by molar-refractivity contribution is 0.0951. The molecule has 5 nitrogen and oxygen atoms in total. The molecule has 1 aromatic heterocycles. The van der Waals surface area contributed by atoms with Crippen LogP contribution in [0.15, 0.2) is 109 Å². The largest absolute Gasteiger partial charge is 0.348 e. The van der Waals surface area contributed by atoms with Crippen molar-refractivity contribution < 1.29 is 4.79 Å². The van der Waals surface area contributed by atoms with Crippen molar-refractivity contribution >= 4 is 22.4 Å². The van der Waals surface area contributed by atoms with E-state index in [1.54, 1.807) is 11.3 Å². The number of aromatic nitrogens is 1. The summed E-state index contributed by atoms with van der Waals surface area (Å²) in [6.45, 7) is 4.79. The Morgan fingerprint density at radius 2 is 1.52 bits per heavy atom. The lowest BCUT2D eigenvalue weighted by atomic mass is 10.0. The number of carbonyl (C=O) groups is 1. The number of hydrogen-bond acceptors (Lipinski definition) is 5. The zero-order chi connectivity index (χ0) is 27.7. The maximum atomic E-state index is 12.7. The smallest absolute Gasteiger partial charge is 0.251 e. The zero-order valence-electron chi connectivity index (χ0n) is 22.7. The third kappa shape index (κ3) is 6.84. The molecule has 0 aliphatic carbocycles. The molecular weight excluding hydrogens is 512 g/mol. The van der Waals surface area contributed by atoms with Crippen molar-refractivity contribution in [3.8, 4) is 22.4 Å². The molecule has 3 N–H and O–H groups in total.